The molecular formula is C29H39N5O2. The molecule has 2 aromatic heterocycles. The van der Waals surface area contributed by atoms with Crippen LogP contribution < -0.4 is 5.32 Å². The average Bonchev–Trinajstić information content (AvgIpc) is 3.44. The number of imidazole rings is 2. The molecule has 2 aromatic carbocycles. The number of aryl methyl sites for hydroxylation is 2. The summed E-state index contributed by atoms with van der Waals surface area (Å²) >= 11 is 0. The molecule has 36 heavy (non-hydrogen) atoms. The molecule has 0 aliphatic carbocycles. The second kappa shape index (κ2) is 12.1. The van der Waals surface area contributed by atoms with Gasteiger partial charge in [0.1, 0.15) is 5.82 Å². The molecule has 7 heteroatoms. The van der Waals surface area contributed by atoms with Gasteiger partial charge >= 0.3 is 5.97 Å². The van der Waals surface area contributed by atoms with Gasteiger partial charge in [-0.15, -0.1) is 0 Å². The lowest BCUT2D eigenvalue weighted by Crippen LogP contribution is -2.10. The predicted octanol–water partition coefficient (Wildman–Crippen LogP) is 7.04. The lowest BCUT2D eigenvalue weighted by Gasteiger charge is -2.14. The molecule has 4 aromatic rings. The number of para-hydroxylation sites is 1. The SMILES string of the molecule is CCCCCn1c(NCCCC)nc2cccc(-c3nc4cc(C(=O)OC)ccc4n3CCCC)c21. The first-order valence-electron chi connectivity index (χ1n) is 13.4. The molecule has 192 valence electrons. The number of methoxy groups -OCH3 is 1. The van der Waals surface area contributed by atoms with Crippen molar-refractivity contribution in [3.05, 3.63) is 42.0 Å². The second-order valence-electron chi connectivity index (χ2n) is 9.38. The highest BCUT2D eigenvalue weighted by molar-refractivity contribution is 5.97. The predicted molar refractivity (Wildman–Crippen MR) is 148 cm³/mol. The van der Waals surface area contributed by atoms with Gasteiger partial charge in [0.15, 0.2) is 0 Å². The Labute approximate surface area is 213 Å². The summed E-state index contributed by atoms with van der Waals surface area (Å²) in [5.41, 5.74) is 5.52. The lowest BCUT2D eigenvalue weighted by molar-refractivity contribution is 0.0601. The number of nitrogens with zero attached hydrogens (tertiary/aromatic N) is 4. The van der Waals surface area contributed by atoms with Crippen LogP contribution in [0.25, 0.3) is 33.5 Å². The van der Waals surface area contributed by atoms with E-state index in [1.807, 2.05) is 18.2 Å². The molecule has 7 nitrogen and oxygen atoms in total. The van der Waals surface area contributed by atoms with E-state index in [-0.39, 0.29) is 5.97 Å². The van der Waals surface area contributed by atoms with E-state index in [1.165, 1.54) is 20.0 Å². The van der Waals surface area contributed by atoms with Gasteiger partial charge < -0.3 is 19.2 Å². The minimum absolute atomic E-state index is 0.347. The Hall–Kier alpha value is -3.35. The number of carbonyl (C=O) groups is 1. The smallest absolute Gasteiger partial charge is 0.337 e. The molecule has 0 saturated heterocycles. The Morgan fingerprint density at radius 2 is 1.67 bits per heavy atom. The van der Waals surface area contributed by atoms with Gasteiger partial charge in [-0.1, -0.05) is 52.5 Å². The van der Waals surface area contributed by atoms with Crippen molar-refractivity contribution in [2.24, 2.45) is 0 Å². The number of rotatable bonds is 13. The zero-order valence-corrected chi connectivity index (χ0v) is 22.1. The van der Waals surface area contributed by atoms with Crippen LogP contribution in [0.3, 0.4) is 0 Å². The Morgan fingerprint density at radius 3 is 2.42 bits per heavy atom. The van der Waals surface area contributed by atoms with Gasteiger partial charge in [-0.05, 0) is 49.6 Å². The van der Waals surface area contributed by atoms with Crippen molar-refractivity contribution >= 4 is 34.0 Å². The van der Waals surface area contributed by atoms with Crippen LogP contribution >= 0.6 is 0 Å². The molecule has 0 amide bonds. The molecule has 0 aliphatic rings. The normalized spacial score (nSPS) is 11.4. The van der Waals surface area contributed by atoms with Crippen LogP contribution in [0.4, 0.5) is 5.95 Å². The van der Waals surface area contributed by atoms with Gasteiger partial charge in [0.2, 0.25) is 5.95 Å². The molecule has 0 bridgehead atoms. The number of benzene rings is 2. The minimum Gasteiger partial charge on any atom is -0.465 e. The summed E-state index contributed by atoms with van der Waals surface area (Å²) in [7, 11) is 1.41. The number of nitrogens with one attached hydrogen (secondary N) is 1. The van der Waals surface area contributed by atoms with Crippen LogP contribution in [0.1, 0.15) is 76.1 Å². The maximum absolute atomic E-state index is 12.2. The second-order valence-corrected chi connectivity index (χ2v) is 9.38. The van der Waals surface area contributed by atoms with Crippen LogP contribution in [0, 0.1) is 0 Å². The number of esters is 1. The van der Waals surface area contributed by atoms with E-state index in [0.29, 0.717) is 5.56 Å². The van der Waals surface area contributed by atoms with Crippen LogP contribution in [-0.4, -0.2) is 38.7 Å². The Morgan fingerprint density at radius 1 is 0.889 bits per heavy atom. The largest absolute Gasteiger partial charge is 0.465 e. The quantitative estimate of drug-likeness (QED) is 0.161. The maximum atomic E-state index is 12.2. The van der Waals surface area contributed by atoms with Gasteiger partial charge in [0.05, 0.1) is 34.7 Å². The van der Waals surface area contributed by atoms with E-state index in [2.05, 4.69) is 53.4 Å². The number of ether oxygens (including phenoxy) is 1. The molecule has 0 spiro atoms. The van der Waals surface area contributed by atoms with Crippen LogP contribution in [0.5, 0.6) is 0 Å². The first-order valence-corrected chi connectivity index (χ1v) is 13.4. The third kappa shape index (κ3) is 5.25. The van der Waals surface area contributed by atoms with Gasteiger partial charge in [0, 0.05) is 25.2 Å². The fraction of sp³-hybridized carbons (Fsp3) is 0.483. The third-order valence-corrected chi connectivity index (χ3v) is 6.71. The first kappa shape index (κ1) is 25.7. The zero-order chi connectivity index (χ0) is 25.5. The van der Waals surface area contributed by atoms with Gasteiger partial charge in [-0.25, -0.2) is 14.8 Å². The lowest BCUT2D eigenvalue weighted by atomic mass is 10.1. The monoisotopic (exact) mass is 489 g/mol. The Kier molecular flexibility index (Phi) is 8.62. The Balaban J connectivity index is 1.90. The molecule has 0 fully saturated rings. The van der Waals surface area contributed by atoms with Crippen LogP contribution in [0.2, 0.25) is 0 Å². The molecule has 2 heterocycles. The average molecular weight is 490 g/mol. The molecule has 1 N–H and O–H groups in total. The molecule has 0 saturated carbocycles. The summed E-state index contributed by atoms with van der Waals surface area (Å²) in [6.07, 6.45) is 7.85. The van der Waals surface area contributed by atoms with E-state index in [0.717, 1.165) is 91.1 Å². The third-order valence-electron chi connectivity index (χ3n) is 6.71. The molecular weight excluding hydrogens is 450 g/mol. The molecule has 0 aliphatic heterocycles. The molecule has 0 radical (unpaired) electrons. The summed E-state index contributed by atoms with van der Waals surface area (Å²) in [6.45, 7) is 9.33. The van der Waals surface area contributed by atoms with Crippen molar-refractivity contribution < 1.29 is 9.53 Å². The molecule has 0 unspecified atom stereocenters. The highest BCUT2D eigenvalue weighted by Crippen LogP contribution is 2.34. The summed E-state index contributed by atoms with van der Waals surface area (Å²) in [5.74, 6) is 1.51. The summed E-state index contributed by atoms with van der Waals surface area (Å²) in [5, 5.41) is 3.58. The van der Waals surface area contributed by atoms with Gasteiger partial charge in [-0.3, -0.25) is 0 Å². The number of anilines is 1. The van der Waals surface area contributed by atoms with E-state index >= 15 is 0 Å². The summed E-state index contributed by atoms with van der Waals surface area (Å²) < 4.78 is 9.58. The first-order chi connectivity index (χ1) is 17.6. The standard InChI is InChI=1S/C29H39N5O2/c1-5-8-11-19-34-26-22(13-12-14-23(26)32-29(34)30-17-9-6-2)27-31-24-20-21(28(35)36-4)15-16-25(24)33(27)18-10-7-3/h12-16,20H,5-11,17-19H2,1-4H3,(H,30,32). The van der Waals surface area contributed by atoms with E-state index in [1.54, 1.807) is 0 Å². The van der Waals surface area contributed by atoms with E-state index in [9.17, 15) is 4.79 Å². The zero-order valence-electron chi connectivity index (χ0n) is 22.1. The fourth-order valence-electron chi connectivity index (χ4n) is 4.74. The minimum atomic E-state index is -0.347. The fourth-order valence-corrected chi connectivity index (χ4v) is 4.74. The van der Waals surface area contributed by atoms with Crippen LogP contribution in [-0.2, 0) is 17.8 Å². The van der Waals surface area contributed by atoms with Crippen molar-refractivity contribution in [3.63, 3.8) is 0 Å². The van der Waals surface area contributed by atoms with Gasteiger partial charge in [-0.2, -0.15) is 0 Å². The summed E-state index contributed by atoms with van der Waals surface area (Å²) in [4.78, 5) is 22.2. The topological polar surface area (TPSA) is 74.0 Å². The van der Waals surface area contributed by atoms with Crippen molar-refractivity contribution in [1.82, 2.24) is 19.1 Å². The highest BCUT2D eigenvalue weighted by atomic mass is 16.5. The van der Waals surface area contributed by atoms with Crippen LogP contribution in [0.15, 0.2) is 36.4 Å². The number of aromatic nitrogens is 4. The summed E-state index contributed by atoms with van der Waals surface area (Å²) in [6, 6.07) is 12.0. The van der Waals surface area contributed by atoms with Crippen molar-refractivity contribution in [3.8, 4) is 11.4 Å². The number of fused-ring (bicyclic) bond motifs is 2. The maximum Gasteiger partial charge on any atom is 0.337 e. The number of unbranched alkanes of at least 4 members (excludes halogenated alkanes) is 4. The number of carbonyl (C=O) groups excluding carboxylic acids is 1. The Bertz CT molecular complexity index is 1320. The number of hydrogen-bond donors (Lipinski definition) is 1. The highest BCUT2D eigenvalue weighted by Gasteiger charge is 2.20. The molecule has 0 atom stereocenters. The van der Waals surface area contributed by atoms with Crippen molar-refractivity contribution in [1.29, 1.82) is 0 Å². The number of hydrogen-bond acceptors (Lipinski definition) is 5. The van der Waals surface area contributed by atoms with E-state index in [4.69, 9.17) is 14.7 Å². The van der Waals surface area contributed by atoms with Crippen molar-refractivity contribution in [2.45, 2.75) is 78.8 Å². The van der Waals surface area contributed by atoms with Crippen molar-refractivity contribution in [2.75, 3.05) is 19.0 Å². The molecule has 4 rings (SSSR count). The van der Waals surface area contributed by atoms with E-state index < -0.39 is 0 Å². The van der Waals surface area contributed by atoms with Gasteiger partial charge in [0.25, 0.3) is 0 Å².